The molecule has 0 saturated heterocycles. The molecule has 13 heavy (non-hydrogen) atoms. The molecule has 3 unspecified atom stereocenters. The molecule has 6 nitrogen and oxygen atoms in total. The van der Waals surface area contributed by atoms with E-state index in [1.54, 1.807) is 0 Å². The Morgan fingerprint density at radius 2 is 1.85 bits per heavy atom. The number of halogens is 1. The number of rotatable bonds is 5. The Balaban J connectivity index is 4.40. The van der Waals surface area contributed by atoms with Crippen molar-refractivity contribution in [3.05, 3.63) is 0 Å². The molecule has 0 aliphatic carbocycles. The van der Waals surface area contributed by atoms with E-state index in [4.69, 9.17) is 25.5 Å². The molecule has 4 atom stereocenters. The minimum absolute atomic E-state index is 0.620. The van der Waals surface area contributed by atoms with Crippen LogP contribution in [0.3, 0.4) is 0 Å². The molecule has 0 radical (unpaired) electrons. The summed E-state index contributed by atoms with van der Waals surface area (Å²) in [6.07, 6.45) is -7.11. The van der Waals surface area contributed by atoms with Gasteiger partial charge < -0.3 is 25.5 Å². The van der Waals surface area contributed by atoms with E-state index in [-0.39, 0.29) is 0 Å². The first-order chi connectivity index (χ1) is 5.86. The number of carbonyl (C=O) groups excluding carboxylic acids is 1. The molecule has 0 fully saturated rings. The zero-order valence-corrected chi connectivity index (χ0v) is 6.54. The van der Waals surface area contributed by atoms with Crippen molar-refractivity contribution in [2.24, 2.45) is 0 Å². The van der Waals surface area contributed by atoms with E-state index in [0.29, 0.717) is 0 Å². The van der Waals surface area contributed by atoms with Gasteiger partial charge in [0, 0.05) is 0 Å². The molecule has 0 rings (SSSR count). The average molecular weight is 198 g/mol. The van der Waals surface area contributed by atoms with Gasteiger partial charge in [-0.2, -0.15) is 0 Å². The average Bonchev–Trinajstić information content (AvgIpc) is 2.14. The quantitative estimate of drug-likeness (QED) is 0.299. The summed E-state index contributed by atoms with van der Waals surface area (Å²) in [6, 6.07) is 0. The Hall–Kier alpha value is -0.600. The van der Waals surface area contributed by atoms with Gasteiger partial charge >= 0.3 is 0 Å². The summed E-state index contributed by atoms with van der Waals surface area (Å²) < 4.78 is 12.5. The van der Waals surface area contributed by atoms with Crippen molar-refractivity contribution in [1.82, 2.24) is 0 Å². The summed E-state index contributed by atoms with van der Waals surface area (Å²) in [4.78, 5) is 9.84. The van der Waals surface area contributed by atoms with E-state index < -0.39 is 37.1 Å². The lowest BCUT2D eigenvalue weighted by atomic mass is 10.0. The van der Waals surface area contributed by atoms with Gasteiger partial charge in [-0.05, 0) is 0 Å². The molecule has 78 valence electrons. The maximum Gasteiger partial charge on any atom is 0.291 e. The fourth-order valence-corrected chi connectivity index (χ4v) is 0.628. The van der Waals surface area contributed by atoms with E-state index >= 15 is 0 Å². The molecule has 0 aromatic heterocycles. The van der Waals surface area contributed by atoms with E-state index in [1.807, 2.05) is 0 Å². The van der Waals surface area contributed by atoms with E-state index in [2.05, 4.69) is 0 Å². The molecule has 0 aliphatic rings. The highest BCUT2D eigenvalue weighted by atomic mass is 19.2. The number of aliphatic hydroxyl groups excluding tert-OH is 4. The maximum absolute atomic E-state index is 12.5. The smallest absolute Gasteiger partial charge is 0.291 e. The number of aliphatic hydroxyl groups is 5. The SMILES string of the molecule is O=C[C@](O)(F)C(O)C(O)C(O)CO. The molecule has 5 N–H and O–H groups in total. The number of carbonyl (C=O) groups is 1. The zero-order valence-electron chi connectivity index (χ0n) is 6.54. The summed E-state index contributed by atoms with van der Waals surface area (Å²) in [5.74, 6) is -3.64. The molecular formula is C6H11FO6. The minimum Gasteiger partial charge on any atom is -0.394 e. The van der Waals surface area contributed by atoms with Crippen LogP contribution in [0.1, 0.15) is 0 Å². The molecule has 0 aromatic carbocycles. The summed E-state index contributed by atoms with van der Waals surface area (Å²) >= 11 is 0. The van der Waals surface area contributed by atoms with E-state index in [1.165, 1.54) is 0 Å². The Bertz CT molecular complexity index is 173. The van der Waals surface area contributed by atoms with Crippen LogP contribution in [0.2, 0.25) is 0 Å². The number of alkyl halides is 1. The lowest BCUT2D eigenvalue weighted by Crippen LogP contribution is -2.52. The van der Waals surface area contributed by atoms with Crippen molar-refractivity contribution in [3.63, 3.8) is 0 Å². The van der Waals surface area contributed by atoms with E-state index in [9.17, 15) is 9.18 Å². The highest BCUT2D eigenvalue weighted by Gasteiger charge is 2.42. The third kappa shape index (κ3) is 2.98. The Labute approximate surface area is 72.9 Å². The molecule has 0 heterocycles. The van der Waals surface area contributed by atoms with Crippen molar-refractivity contribution in [2.75, 3.05) is 6.61 Å². The van der Waals surface area contributed by atoms with Crippen LogP contribution >= 0.6 is 0 Å². The standard InChI is InChI=1S/C6H11FO6/c7-6(13,2-9)5(12)4(11)3(10)1-8/h2-5,8,10-13H,1H2/t3?,4?,5?,6-/m1/s1. The Kier molecular flexibility index (Phi) is 4.37. The maximum atomic E-state index is 12.5. The van der Waals surface area contributed by atoms with Crippen LogP contribution < -0.4 is 0 Å². The van der Waals surface area contributed by atoms with Gasteiger partial charge in [-0.1, -0.05) is 0 Å². The van der Waals surface area contributed by atoms with Gasteiger partial charge in [-0.3, -0.25) is 4.79 Å². The normalized spacial score (nSPS) is 22.9. The number of aldehydes is 1. The summed E-state index contributed by atoms with van der Waals surface area (Å²) in [6.45, 7) is -0.937. The van der Waals surface area contributed by atoms with Crippen molar-refractivity contribution in [1.29, 1.82) is 0 Å². The lowest BCUT2D eigenvalue weighted by molar-refractivity contribution is -0.205. The first-order valence-electron chi connectivity index (χ1n) is 3.39. The van der Waals surface area contributed by atoms with Crippen LogP contribution in [0.15, 0.2) is 0 Å². The van der Waals surface area contributed by atoms with Crippen molar-refractivity contribution in [2.45, 2.75) is 24.2 Å². The van der Waals surface area contributed by atoms with Crippen molar-refractivity contribution >= 4 is 6.29 Å². The highest BCUT2D eigenvalue weighted by Crippen LogP contribution is 2.15. The van der Waals surface area contributed by atoms with Gasteiger partial charge in [0.15, 0.2) is 6.29 Å². The van der Waals surface area contributed by atoms with Crippen LogP contribution in [0.25, 0.3) is 0 Å². The van der Waals surface area contributed by atoms with Crippen LogP contribution in [0.5, 0.6) is 0 Å². The fraction of sp³-hybridized carbons (Fsp3) is 0.833. The number of hydrogen-bond donors (Lipinski definition) is 5. The first kappa shape index (κ1) is 12.4. The van der Waals surface area contributed by atoms with E-state index in [0.717, 1.165) is 0 Å². The Morgan fingerprint density at radius 1 is 1.38 bits per heavy atom. The van der Waals surface area contributed by atoms with Gasteiger partial charge in [0.05, 0.1) is 6.61 Å². The van der Waals surface area contributed by atoms with Crippen LogP contribution in [0.4, 0.5) is 4.39 Å². The van der Waals surface area contributed by atoms with Gasteiger partial charge in [0.2, 0.25) is 0 Å². The van der Waals surface area contributed by atoms with Crippen LogP contribution in [-0.4, -0.2) is 62.6 Å². The predicted molar refractivity (Wildman–Crippen MR) is 37.2 cm³/mol. The molecule has 0 saturated carbocycles. The molecule has 7 heteroatoms. The minimum atomic E-state index is -3.64. The molecular weight excluding hydrogens is 187 g/mol. The van der Waals surface area contributed by atoms with Crippen LogP contribution in [0, 0.1) is 0 Å². The van der Waals surface area contributed by atoms with Crippen LogP contribution in [-0.2, 0) is 4.79 Å². The summed E-state index contributed by atoms with van der Waals surface area (Å²) in [7, 11) is 0. The van der Waals surface area contributed by atoms with Gasteiger partial charge in [0.1, 0.15) is 18.3 Å². The first-order valence-corrected chi connectivity index (χ1v) is 3.39. The van der Waals surface area contributed by atoms with Gasteiger partial charge in [0.25, 0.3) is 5.85 Å². The highest BCUT2D eigenvalue weighted by molar-refractivity contribution is 5.60. The molecule has 0 aliphatic heterocycles. The second kappa shape index (κ2) is 4.58. The second-order valence-electron chi connectivity index (χ2n) is 2.53. The summed E-state index contributed by atoms with van der Waals surface area (Å²) in [5, 5.41) is 43.1. The lowest BCUT2D eigenvalue weighted by Gasteiger charge is -2.26. The zero-order chi connectivity index (χ0) is 10.6. The second-order valence-corrected chi connectivity index (χ2v) is 2.53. The molecule has 0 bridgehead atoms. The largest absolute Gasteiger partial charge is 0.394 e. The Morgan fingerprint density at radius 3 is 2.15 bits per heavy atom. The van der Waals surface area contributed by atoms with Crippen molar-refractivity contribution < 1.29 is 34.7 Å². The molecule has 0 amide bonds. The predicted octanol–water partition coefficient (Wildman–Crippen LogP) is -3.08. The molecule has 0 aromatic rings. The summed E-state index contributed by atoms with van der Waals surface area (Å²) in [5.41, 5.74) is 0. The van der Waals surface area contributed by atoms with Gasteiger partial charge in [-0.15, -0.1) is 0 Å². The van der Waals surface area contributed by atoms with Gasteiger partial charge in [-0.25, -0.2) is 4.39 Å². The monoisotopic (exact) mass is 198 g/mol. The third-order valence-electron chi connectivity index (χ3n) is 1.48. The third-order valence-corrected chi connectivity index (χ3v) is 1.48. The number of hydrogen-bond acceptors (Lipinski definition) is 6. The fourth-order valence-electron chi connectivity index (χ4n) is 0.628. The molecule has 0 spiro atoms. The van der Waals surface area contributed by atoms with Crippen molar-refractivity contribution in [3.8, 4) is 0 Å². The topological polar surface area (TPSA) is 118 Å².